The third-order valence-electron chi connectivity index (χ3n) is 4.71. The van der Waals surface area contributed by atoms with Gasteiger partial charge in [0.2, 0.25) is 0 Å². The van der Waals surface area contributed by atoms with Crippen LogP contribution in [-0.4, -0.2) is 0 Å². The lowest BCUT2D eigenvalue weighted by Gasteiger charge is -2.23. The average molecular weight is 242 g/mol. The molecule has 0 radical (unpaired) electrons. The van der Waals surface area contributed by atoms with E-state index in [1.54, 1.807) is 11.1 Å². The van der Waals surface area contributed by atoms with Crippen molar-refractivity contribution >= 4 is 0 Å². The number of hydrogen-bond acceptors (Lipinski definition) is 0. The SMILES string of the molecule is C=CCC[C@@H](C)C(C)CC1CCc2ccccc21. The van der Waals surface area contributed by atoms with Gasteiger partial charge in [-0.3, -0.25) is 0 Å². The minimum atomic E-state index is 0.808. The summed E-state index contributed by atoms with van der Waals surface area (Å²) in [6, 6.07) is 9.02. The smallest absolute Gasteiger partial charge is 0.0153 e. The highest BCUT2D eigenvalue weighted by Gasteiger charge is 2.25. The fraction of sp³-hybridized carbons (Fsp3) is 0.556. The predicted octanol–water partition coefficient (Wildman–Crippen LogP) is 5.34. The maximum absolute atomic E-state index is 3.83. The first-order chi connectivity index (χ1) is 8.72. The molecule has 2 rings (SSSR count). The lowest BCUT2D eigenvalue weighted by molar-refractivity contribution is 0.322. The van der Waals surface area contributed by atoms with Crippen LogP contribution in [0.15, 0.2) is 36.9 Å². The summed E-state index contributed by atoms with van der Waals surface area (Å²) in [5.74, 6) is 2.44. The molecular weight excluding hydrogens is 216 g/mol. The summed E-state index contributed by atoms with van der Waals surface area (Å²) >= 11 is 0. The van der Waals surface area contributed by atoms with E-state index in [9.17, 15) is 0 Å². The summed E-state index contributed by atoms with van der Waals surface area (Å²) < 4.78 is 0. The van der Waals surface area contributed by atoms with Gasteiger partial charge in [0.05, 0.1) is 0 Å². The second kappa shape index (κ2) is 6.22. The number of benzene rings is 1. The molecule has 1 aromatic carbocycles. The van der Waals surface area contributed by atoms with E-state index >= 15 is 0 Å². The van der Waals surface area contributed by atoms with Gasteiger partial charge in [-0.1, -0.05) is 44.2 Å². The molecule has 1 aliphatic rings. The minimum absolute atomic E-state index is 0.808. The first-order valence-electron chi connectivity index (χ1n) is 7.41. The van der Waals surface area contributed by atoms with Crippen molar-refractivity contribution in [2.45, 2.75) is 51.9 Å². The number of rotatable bonds is 6. The van der Waals surface area contributed by atoms with Gasteiger partial charge in [-0.2, -0.15) is 0 Å². The second-order valence-corrected chi connectivity index (χ2v) is 5.99. The number of fused-ring (bicyclic) bond motifs is 1. The molecule has 0 heterocycles. The van der Waals surface area contributed by atoms with Crippen molar-refractivity contribution in [3.05, 3.63) is 48.0 Å². The molecular formula is C18H26. The van der Waals surface area contributed by atoms with Crippen LogP contribution in [0.5, 0.6) is 0 Å². The van der Waals surface area contributed by atoms with E-state index in [0.29, 0.717) is 0 Å². The first kappa shape index (κ1) is 13.4. The zero-order valence-corrected chi connectivity index (χ0v) is 11.9. The third-order valence-corrected chi connectivity index (χ3v) is 4.71. The second-order valence-electron chi connectivity index (χ2n) is 5.99. The lowest BCUT2D eigenvalue weighted by Crippen LogP contribution is -2.11. The summed E-state index contributed by atoms with van der Waals surface area (Å²) in [6.45, 7) is 8.65. The van der Waals surface area contributed by atoms with E-state index in [1.165, 1.54) is 25.7 Å². The lowest BCUT2D eigenvalue weighted by atomic mass is 9.82. The van der Waals surface area contributed by atoms with Crippen molar-refractivity contribution < 1.29 is 0 Å². The summed E-state index contributed by atoms with van der Waals surface area (Å²) in [5, 5.41) is 0. The Bertz CT molecular complexity index is 391. The van der Waals surface area contributed by atoms with E-state index in [2.05, 4.69) is 44.7 Å². The maximum atomic E-state index is 3.83. The van der Waals surface area contributed by atoms with Crippen LogP contribution in [0.2, 0.25) is 0 Å². The molecule has 1 aliphatic carbocycles. The van der Waals surface area contributed by atoms with Crippen molar-refractivity contribution in [1.82, 2.24) is 0 Å². The molecule has 0 saturated heterocycles. The maximum Gasteiger partial charge on any atom is -0.0153 e. The Hall–Kier alpha value is -1.04. The standard InChI is InChI=1S/C18H26/c1-4-5-8-14(2)15(3)13-17-12-11-16-9-6-7-10-18(16)17/h4,6-7,9-10,14-15,17H,1,5,8,11-13H2,2-3H3/t14-,15?,17?/m1/s1. The third kappa shape index (κ3) is 3.04. The predicted molar refractivity (Wildman–Crippen MR) is 79.9 cm³/mol. The highest BCUT2D eigenvalue weighted by atomic mass is 14.3. The van der Waals surface area contributed by atoms with E-state index in [1.807, 2.05) is 6.08 Å². The Morgan fingerprint density at radius 3 is 2.83 bits per heavy atom. The molecule has 0 heteroatoms. The molecule has 1 aromatic rings. The molecule has 0 amide bonds. The van der Waals surface area contributed by atoms with Crippen LogP contribution in [0, 0.1) is 11.8 Å². The highest BCUT2D eigenvalue weighted by Crippen LogP contribution is 2.39. The van der Waals surface area contributed by atoms with Gasteiger partial charge in [0.15, 0.2) is 0 Å². The zero-order valence-electron chi connectivity index (χ0n) is 11.9. The molecule has 0 aliphatic heterocycles. The van der Waals surface area contributed by atoms with Gasteiger partial charge in [0.1, 0.15) is 0 Å². The number of hydrogen-bond donors (Lipinski definition) is 0. The van der Waals surface area contributed by atoms with Crippen LogP contribution < -0.4 is 0 Å². The summed E-state index contributed by atoms with van der Waals surface area (Å²) in [6.07, 6.45) is 8.50. The average Bonchev–Trinajstić information content (AvgIpc) is 2.79. The van der Waals surface area contributed by atoms with E-state index in [4.69, 9.17) is 0 Å². The summed E-state index contributed by atoms with van der Waals surface area (Å²) in [5.41, 5.74) is 3.22. The van der Waals surface area contributed by atoms with Crippen LogP contribution in [0.25, 0.3) is 0 Å². The molecule has 0 N–H and O–H groups in total. The molecule has 0 spiro atoms. The van der Waals surface area contributed by atoms with Gasteiger partial charge in [-0.15, -0.1) is 6.58 Å². The summed E-state index contributed by atoms with van der Waals surface area (Å²) in [7, 11) is 0. The molecule has 3 atom stereocenters. The monoisotopic (exact) mass is 242 g/mol. The van der Waals surface area contributed by atoms with Crippen molar-refractivity contribution in [3.8, 4) is 0 Å². The van der Waals surface area contributed by atoms with Crippen LogP contribution in [0.3, 0.4) is 0 Å². The largest absolute Gasteiger partial charge is 0.103 e. The summed E-state index contributed by atoms with van der Waals surface area (Å²) in [4.78, 5) is 0. The van der Waals surface area contributed by atoms with Gasteiger partial charge in [0.25, 0.3) is 0 Å². The van der Waals surface area contributed by atoms with Gasteiger partial charge >= 0.3 is 0 Å². The van der Waals surface area contributed by atoms with E-state index in [-0.39, 0.29) is 0 Å². The Balaban J connectivity index is 1.93. The van der Waals surface area contributed by atoms with Gasteiger partial charge in [-0.05, 0) is 61.0 Å². The molecule has 0 saturated carbocycles. The molecule has 0 fully saturated rings. The van der Waals surface area contributed by atoms with Gasteiger partial charge in [0, 0.05) is 0 Å². The van der Waals surface area contributed by atoms with Crippen molar-refractivity contribution in [2.24, 2.45) is 11.8 Å². The van der Waals surface area contributed by atoms with Crippen molar-refractivity contribution in [2.75, 3.05) is 0 Å². The van der Waals surface area contributed by atoms with Crippen LogP contribution in [0.4, 0.5) is 0 Å². The first-order valence-corrected chi connectivity index (χ1v) is 7.41. The van der Waals surface area contributed by atoms with E-state index in [0.717, 1.165) is 24.2 Å². The quantitative estimate of drug-likeness (QED) is 0.590. The Morgan fingerprint density at radius 1 is 1.28 bits per heavy atom. The van der Waals surface area contributed by atoms with Crippen molar-refractivity contribution in [1.29, 1.82) is 0 Å². The topological polar surface area (TPSA) is 0 Å². The van der Waals surface area contributed by atoms with Crippen LogP contribution in [0.1, 0.15) is 56.6 Å². The van der Waals surface area contributed by atoms with Crippen LogP contribution in [-0.2, 0) is 6.42 Å². The number of aryl methyl sites for hydroxylation is 1. The van der Waals surface area contributed by atoms with E-state index < -0.39 is 0 Å². The Kier molecular flexibility index (Phi) is 4.63. The molecule has 18 heavy (non-hydrogen) atoms. The molecule has 98 valence electrons. The molecule has 0 nitrogen and oxygen atoms in total. The van der Waals surface area contributed by atoms with Crippen molar-refractivity contribution in [3.63, 3.8) is 0 Å². The Labute approximate surface area is 112 Å². The fourth-order valence-corrected chi connectivity index (χ4v) is 3.24. The Morgan fingerprint density at radius 2 is 2.06 bits per heavy atom. The molecule has 0 bridgehead atoms. The molecule has 0 aromatic heterocycles. The highest BCUT2D eigenvalue weighted by molar-refractivity contribution is 5.34. The van der Waals surface area contributed by atoms with Gasteiger partial charge < -0.3 is 0 Å². The normalized spacial score (nSPS) is 21.3. The number of allylic oxidation sites excluding steroid dienone is 1. The zero-order chi connectivity index (χ0) is 13.0. The fourth-order valence-electron chi connectivity index (χ4n) is 3.24. The van der Waals surface area contributed by atoms with Gasteiger partial charge in [-0.25, -0.2) is 0 Å². The molecule has 2 unspecified atom stereocenters. The minimum Gasteiger partial charge on any atom is -0.103 e. The van der Waals surface area contributed by atoms with Crippen LogP contribution >= 0.6 is 0 Å².